The smallest absolute Gasteiger partial charge is 0 e. The van der Waals surface area contributed by atoms with E-state index in [-0.39, 0.29) is 21.1 Å². The molecule has 0 spiro atoms. The van der Waals surface area contributed by atoms with Gasteiger partial charge in [0.15, 0.2) is 0 Å². The van der Waals surface area contributed by atoms with Crippen LogP contribution >= 0.6 is 0 Å². The Balaban J connectivity index is 0.000001000. The van der Waals surface area contributed by atoms with Crippen molar-refractivity contribution in [3.8, 4) is 0 Å². The van der Waals surface area contributed by atoms with Crippen LogP contribution in [0, 0.1) is 5.92 Å². The van der Waals surface area contributed by atoms with Crippen LogP contribution in [0.4, 0.5) is 0 Å². The first-order chi connectivity index (χ1) is 4.79. The third-order valence-electron chi connectivity index (χ3n) is 1.85. The molecule has 0 saturated carbocycles. The van der Waals surface area contributed by atoms with Crippen LogP contribution in [0.1, 0.15) is 12.8 Å². The van der Waals surface area contributed by atoms with Gasteiger partial charge in [0.05, 0.1) is 0 Å². The summed E-state index contributed by atoms with van der Waals surface area (Å²) in [5.41, 5.74) is 0. The summed E-state index contributed by atoms with van der Waals surface area (Å²) >= 11 is 0. The second kappa shape index (κ2) is 6.16. The molecule has 66 valence electrons. The average Bonchev–Trinajstić information content (AvgIpc) is 1.88. The van der Waals surface area contributed by atoms with Gasteiger partial charge in [-0.05, 0) is 27.2 Å². The predicted octanol–water partition coefficient (Wildman–Crippen LogP) is 0.503. The summed E-state index contributed by atoms with van der Waals surface area (Å²) in [6, 6.07) is 0. The summed E-state index contributed by atoms with van der Waals surface area (Å²) in [6.45, 7) is 3.55. The molecule has 11 heavy (non-hydrogen) atoms. The van der Waals surface area contributed by atoms with Gasteiger partial charge in [0.1, 0.15) is 0 Å². The zero-order valence-electron chi connectivity index (χ0n) is 7.39. The molecule has 1 aliphatic heterocycles. The second-order valence-corrected chi connectivity index (χ2v) is 3.24. The molecule has 0 aromatic carbocycles. The molecule has 0 amide bonds. The maximum Gasteiger partial charge on any atom is 0 e. The van der Waals surface area contributed by atoms with Gasteiger partial charge >= 0.3 is 0 Å². The molecule has 0 unspecified atom stereocenters. The van der Waals surface area contributed by atoms with Gasteiger partial charge in [0.25, 0.3) is 0 Å². The standard InChI is InChI=1S/C8H17N2.W/c1-10(2)7-8-3-5-9-6-4-8;/h9H,3-7H2,1-2H3;/q-1;. The summed E-state index contributed by atoms with van der Waals surface area (Å²) in [6.07, 6.45) is 2.55. The van der Waals surface area contributed by atoms with Gasteiger partial charge in [-0.1, -0.05) is 0 Å². The summed E-state index contributed by atoms with van der Waals surface area (Å²) in [7, 11) is 4.27. The van der Waals surface area contributed by atoms with E-state index in [0.717, 1.165) is 0 Å². The van der Waals surface area contributed by atoms with Crippen LogP contribution in [0.3, 0.4) is 0 Å². The second-order valence-electron chi connectivity index (χ2n) is 3.24. The van der Waals surface area contributed by atoms with Crippen molar-refractivity contribution in [3.63, 3.8) is 0 Å². The van der Waals surface area contributed by atoms with Crippen LogP contribution in [0.25, 0.3) is 0 Å². The number of nitrogens with zero attached hydrogens (tertiary/aromatic N) is 1. The minimum absolute atomic E-state index is 0. The molecule has 1 aliphatic rings. The van der Waals surface area contributed by atoms with Gasteiger partial charge in [-0.15, -0.1) is 6.54 Å². The average molecular weight is 325 g/mol. The zero-order chi connectivity index (χ0) is 7.40. The maximum absolute atomic E-state index is 3.35. The molecule has 2 nitrogen and oxygen atoms in total. The van der Waals surface area contributed by atoms with Gasteiger partial charge < -0.3 is 10.2 Å². The molecular weight excluding hydrogens is 308 g/mol. The molecule has 0 aromatic heterocycles. The number of piperidine rings is 1. The zero-order valence-corrected chi connectivity index (χ0v) is 10.3. The summed E-state index contributed by atoms with van der Waals surface area (Å²) in [5, 5.41) is 3.35. The van der Waals surface area contributed by atoms with E-state index in [4.69, 9.17) is 0 Å². The van der Waals surface area contributed by atoms with E-state index in [0.29, 0.717) is 0 Å². The fraction of sp³-hybridized carbons (Fsp3) is 0.875. The Morgan fingerprint density at radius 3 is 2.27 bits per heavy atom. The van der Waals surface area contributed by atoms with E-state index in [9.17, 15) is 0 Å². The van der Waals surface area contributed by atoms with E-state index in [1.165, 1.54) is 32.5 Å². The van der Waals surface area contributed by atoms with Gasteiger partial charge in [-0.25, -0.2) is 0 Å². The van der Waals surface area contributed by atoms with Crippen LogP contribution in [0.2, 0.25) is 0 Å². The minimum atomic E-state index is 0. The molecular formula is C8H17N2W-. The summed E-state index contributed by atoms with van der Waals surface area (Å²) in [4.78, 5) is 2.25. The molecule has 0 aliphatic carbocycles. The van der Waals surface area contributed by atoms with Crippen molar-refractivity contribution in [1.82, 2.24) is 10.2 Å². The van der Waals surface area contributed by atoms with Crippen molar-refractivity contribution < 1.29 is 21.1 Å². The van der Waals surface area contributed by atoms with E-state index < -0.39 is 0 Å². The molecule has 0 radical (unpaired) electrons. The van der Waals surface area contributed by atoms with Gasteiger partial charge in [0.2, 0.25) is 0 Å². The van der Waals surface area contributed by atoms with Gasteiger partial charge in [-0.2, -0.15) is 12.8 Å². The Kier molecular flexibility index (Phi) is 6.50. The van der Waals surface area contributed by atoms with E-state index in [2.05, 4.69) is 24.3 Å². The number of rotatable bonds is 2. The van der Waals surface area contributed by atoms with Crippen molar-refractivity contribution in [2.24, 2.45) is 0 Å². The van der Waals surface area contributed by atoms with E-state index >= 15 is 0 Å². The van der Waals surface area contributed by atoms with Crippen LogP contribution < -0.4 is 5.32 Å². The SMILES string of the molecule is CN(C)C[C-]1CCNCC1.[W]. The minimum Gasteiger partial charge on any atom is -0.338 e. The Morgan fingerprint density at radius 2 is 1.82 bits per heavy atom. The summed E-state index contributed by atoms with van der Waals surface area (Å²) < 4.78 is 0. The van der Waals surface area contributed by atoms with Gasteiger partial charge in [0, 0.05) is 21.1 Å². The van der Waals surface area contributed by atoms with E-state index in [1.807, 2.05) is 0 Å². The fourth-order valence-corrected chi connectivity index (χ4v) is 1.39. The molecule has 3 heteroatoms. The molecule has 0 atom stereocenters. The largest absolute Gasteiger partial charge is 0.338 e. The quantitative estimate of drug-likeness (QED) is 0.744. The van der Waals surface area contributed by atoms with Crippen molar-refractivity contribution >= 4 is 0 Å². The van der Waals surface area contributed by atoms with Crippen LogP contribution in [0.15, 0.2) is 0 Å². The van der Waals surface area contributed by atoms with Crippen LogP contribution in [-0.2, 0) is 21.1 Å². The Hall–Kier alpha value is 0.608. The van der Waals surface area contributed by atoms with Crippen LogP contribution in [-0.4, -0.2) is 38.6 Å². The molecule has 1 N–H and O–H groups in total. The molecule has 0 aromatic rings. The normalized spacial score (nSPS) is 19.9. The predicted molar refractivity (Wildman–Crippen MR) is 43.9 cm³/mol. The van der Waals surface area contributed by atoms with Crippen molar-refractivity contribution in [2.75, 3.05) is 33.7 Å². The van der Waals surface area contributed by atoms with E-state index in [1.54, 1.807) is 5.92 Å². The molecule has 1 saturated heterocycles. The fourth-order valence-electron chi connectivity index (χ4n) is 1.39. The first-order valence-corrected chi connectivity index (χ1v) is 3.98. The van der Waals surface area contributed by atoms with Crippen molar-refractivity contribution in [3.05, 3.63) is 5.92 Å². The number of nitrogens with one attached hydrogen (secondary N) is 1. The first kappa shape index (κ1) is 11.6. The third kappa shape index (κ3) is 4.95. The Labute approximate surface area is 84.0 Å². The van der Waals surface area contributed by atoms with Crippen molar-refractivity contribution in [2.45, 2.75) is 12.8 Å². The van der Waals surface area contributed by atoms with Crippen LogP contribution in [0.5, 0.6) is 0 Å². The molecule has 0 bridgehead atoms. The molecule has 1 rings (SSSR count). The monoisotopic (exact) mass is 325 g/mol. The molecule has 1 fully saturated rings. The maximum atomic E-state index is 3.35. The molecule has 1 heterocycles. The Bertz CT molecular complexity index is 90.1. The third-order valence-corrected chi connectivity index (χ3v) is 1.85. The first-order valence-electron chi connectivity index (χ1n) is 3.98. The number of hydrogen-bond acceptors (Lipinski definition) is 2. The van der Waals surface area contributed by atoms with Gasteiger partial charge in [-0.3, -0.25) is 5.92 Å². The Morgan fingerprint density at radius 1 is 1.27 bits per heavy atom. The van der Waals surface area contributed by atoms with Crippen molar-refractivity contribution in [1.29, 1.82) is 0 Å². The summed E-state index contributed by atoms with van der Waals surface area (Å²) in [5.74, 6) is 1.70. The topological polar surface area (TPSA) is 15.3 Å². The number of hydrogen-bond donors (Lipinski definition) is 1.